The molecule has 0 aliphatic heterocycles. The minimum atomic E-state index is -0.612. The highest BCUT2D eigenvalue weighted by Gasteiger charge is 2.13. The van der Waals surface area contributed by atoms with E-state index < -0.39 is 11.0 Å². The fourth-order valence-corrected chi connectivity index (χ4v) is 2.88. The Hall–Kier alpha value is -2.63. The Morgan fingerprint density at radius 1 is 1.08 bits per heavy atom. The molecule has 3 aromatic rings. The molecule has 5 nitrogen and oxygen atoms in total. The van der Waals surface area contributed by atoms with Gasteiger partial charge in [0.05, 0.1) is 11.0 Å². The van der Waals surface area contributed by atoms with E-state index in [1.807, 2.05) is 42.5 Å². The smallest absolute Gasteiger partial charge is 0.289 e. The summed E-state index contributed by atoms with van der Waals surface area (Å²) in [5, 5.41) is 26.7. The van der Waals surface area contributed by atoms with Gasteiger partial charge in [0.25, 0.3) is 5.69 Å². The highest BCUT2D eigenvalue weighted by Crippen LogP contribution is 2.28. The van der Waals surface area contributed by atoms with Crippen LogP contribution in [0.15, 0.2) is 60.7 Å². The number of rotatable bonds is 6. The number of nitro benzene ring substituents is 1. The standard InChI is InChI=1S/C19H17ClN2O3/c20-17-8-7-16(12-18(17)22(24)25)21-10-9-19(23)15-6-5-13-3-1-2-4-14(13)11-15/h1-8,11-12,19,21,23H,9-10H2. The fraction of sp³-hybridized carbons (Fsp3) is 0.158. The van der Waals surface area contributed by atoms with Gasteiger partial charge in [-0.25, -0.2) is 0 Å². The Labute approximate surface area is 150 Å². The van der Waals surface area contributed by atoms with Crippen molar-refractivity contribution in [3.63, 3.8) is 0 Å². The first-order valence-corrected chi connectivity index (χ1v) is 8.27. The maximum Gasteiger partial charge on any atom is 0.289 e. The lowest BCUT2D eigenvalue weighted by Crippen LogP contribution is -2.08. The van der Waals surface area contributed by atoms with Crippen LogP contribution in [0.4, 0.5) is 11.4 Å². The van der Waals surface area contributed by atoms with Crippen molar-refractivity contribution in [3.8, 4) is 0 Å². The molecule has 6 heteroatoms. The Morgan fingerprint density at radius 2 is 1.84 bits per heavy atom. The molecule has 0 amide bonds. The summed E-state index contributed by atoms with van der Waals surface area (Å²) in [4.78, 5) is 10.4. The van der Waals surface area contributed by atoms with Crippen LogP contribution >= 0.6 is 11.6 Å². The van der Waals surface area contributed by atoms with Crippen LogP contribution in [0.2, 0.25) is 5.02 Å². The second-order valence-electron chi connectivity index (χ2n) is 5.76. The average molecular weight is 357 g/mol. The number of benzene rings is 3. The summed E-state index contributed by atoms with van der Waals surface area (Å²) in [6.07, 6.45) is -0.131. The van der Waals surface area contributed by atoms with E-state index in [-0.39, 0.29) is 10.7 Å². The SMILES string of the molecule is O=[N+]([O-])c1cc(NCCC(O)c2ccc3ccccc3c2)ccc1Cl. The number of aliphatic hydroxyl groups excluding tert-OH is 1. The van der Waals surface area contributed by atoms with E-state index in [4.69, 9.17) is 11.6 Å². The minimum absolute atomic E-state index is 0.103. The zero-order chi connectivity index (χ0) is 17.8. The predicted molar refractivity (Wildman–Crippen MR) is 100 cm³/mol. The van der Waals surface area contributed by atoms with Crippen molar-refractivity contribution in [3.05, 3.63) is 81.4 Å². The van der Waals surface area contributed by atoms with Crippen molar-refractivity contribution in [1.29, 1.82) is 0 Å². The topological polar surface area (TPSA) is 75.4 Å². The molecule has 128 valence electrons. The molecule has 0 fully saturated rings. The number of halogens is 1. The molecule has 0 radical (unpaired) electrons. The summed E-state index contributed by atoms with van der Waals surface area (Å²) in [5.74, 6) is 0. The number of fused-ring (bicyclic) bond motifs is 1. The van der Waals surface area contributed by atoms with Gasteiger partial charge in [-0.3, -0.25) is 10.1 Å². The van der Waals surface area contributed by atoms with Gasteiger partial charge in [0.15, 0.2) is 0 Å². The van der Waals surface area contributed by atoms with Gasteiger partial charge in [-0.05, 0) is 41.0 Å². The lowest BCUT2D eigenvalue weighted by molar-refractivity contribution is -0.384. The first-order chi connectivity index (χ1) is 12.0. The van der Waals surface area contributed by atoms with Gasteiger partial charge in [-0.2, -0.15) is 0 Å². The van der Waals surface area contributed by atoms with E-state index >= 15 is 0 Å². The van der Waals surface area contributed by atoms with Gasteiger partial charge in [-0.15, -0.1) is 0 Å². The first kappa shape index (κ1) is 17.2. The van der Waals surface area contributed by atoms with Gasteiger partial charge in [0.1, 0.15) is 5.02 Å². The number of hydrogen-bond acceptors (Lipinski definition) is 4. The molecule has 25 heavy (non-hydrogen) atoms. The zero-order valence-corrected chi connectivity index (χ0v) is 14.1. The van der Waals surface area contributed by atoms with Crippen molar-refractivity contribution >= 4 is 33.7 Å². The minimum Gasteiger partial charge on any atom is -0.388 e. The van der Waals surface area contributed by atoms with Crippen molar-refractivity contribution in [2.45, 2.75) is 12.5 Å². The lowest BCUT2D eigenvalue weighted by atomic mass is 10.0. The van der Waals surface area contributed by atoms with Crippen LogP contribution in [0.5, 0.6) is 0 Å². The zero-order valence-electron chi connectivity index (χ0n) is 13.4. The molecule has 3 rings (SSSR count). The summed E-state index contributed by atoms with van der Waals surface area (Å²) in [7, 11) is 0. The molecule has 0 saturated heterocycles. The van der Waals surface area contributed by atoms with Gasteiger partial charge in [0.2, 0.25) is 0 Å². The lowest BCUT2D eigenvalue weighted by Gasteiger charge is -2.13. The number of anilines is 1. The summed E-state index contributed by atoms with van der Waals surface area (Å²) in [5.41, 5.74) is 1.31. The van der Waals surface area contributed by atoms with Gasteiger partial charge >= 0.3 is 0 Å². The number of nitrogens with one attached hydrogen (secondary N) is 1. The predicted octanol–water partition coefficient (Wildman–Crippen LogP) is 4.94. The average Bonchev–Trinajstić information content (AvgIpc) is 2.62. The highest BCUT2D eigenvalue weighted by atomic mass is 35.5. The molecule has 3 aromatic carbocycles. The Morgan fingerprint density at radius 3 is 2.60 bits per heavy atom. The molecule has 0 aromatic heterocycles. The quantitative estimate of drug-likeness (QED) is 0.484. The summed E-state index contributed by atoms with van der Waals surface area (Å²) < 4.78 is 0. The molecule has 0 saturated carbocycles. The number of hydrogen-bond donors (Lipinski definition) is 2. The van der Waals surface area contributed by atoms with E-state index in [2.05, 4.69) is 5.32 Å². The fourth-order valence-electron chi connectivity index (χ4n) is 2.70. The number of aliphatic hydroxyl groups is 1. The maximum atomic E-state index is 10.9. The second kappa shape index (κ2) is 7.51. The van der Waals surface area contributed by atoms with Gasteiger partial charge in [-0.1, -0.05) is 48.0 Å². The molecular weight excluding hydrogens is 340 g/mol. The summed E-state index contributed by atoms with van der Waals surface area (Å²) in [6, 6.07) is 18.4. The third-order valence-electron chi connectivity index (χ3n) is 4.05. The number of nitro groups is 1. The third-order valence-corrected chi connectivity index (χ3v) is 4.37. The second-order valence-corrected chi connectivity index (χ2v) is 6.17. The Bertz CT molecular complexity index is 914. The van der Waals surface area contributed by atoms with Crippen molar-refractivity contribution < 1.29 is 10.0 Å². The van der Waals surface area contributed by atoms with Crippen molar-refractivity contribution in [1.82, 2.24) is 0 Å². The third kappa shape index (κ3) is 4.07. The number of nitrogens with zero attached hydrogens (tertiary/aromatic N) is 1. The van der Waals surface area contributed by atoms with Crippen LogP contribution < -0.4 is 5.32 Å². The maximum absolute atomic E-state index is 10.9. The van der Waals surface area contributed by atoms with Crippen LogP contribution in [-0.2, 0) is 0 Å². The molecular formula is C19H17ClN2O3. The normalized spacial score (nSPS) is 12.1. The Balaban J connectivity index is 1.63. The molecule has 0 aliphatic carbocycles. The molecule has 0 heterocycles. The van der Waals surface area contributed by atoms with E-state index in [0.717, 1.165) is 16.3 Å². The molecule has 1 unspecified atom stereocenters. The van der Waals surface area contributed by atoms with Gasteiger partial charge in [0, 0.05) is 18.3 Å². The van der Waals surface area contributed by atoms with Crippen molar-refractivity contribution in [2.75, 3.05) is 11.9 Å². The van der Waals surface area contributed by atoms with Crippen LogP contribution in [0, 0.1) is 10.1 Å². The molecule has 0 spiro atoms. The Kier molecular flexibility index (Phi) is 5.16. The van der Waals surface area contributed by atoms with E-state index in [1.54, 1.807) is 6.07 Å². The molecule has 0 aliphatic rings. The van der Waals surface area contributed by atoms with Crippen LogP contribution in [0.3, 0.4) is 0 Å². The summed E-state index contributed by atoms with van der Waals surface area (Å²) in [6.45, 7) is 0.479. The highest BCUT2D eigenvalue weighted by molar-refractivity contribution is 6.32. The largest absolute Gasteiger partial charge is 0.388 e. The van der Waals surface area contributed by atoms with Gasteiger partial charge < -0.3 is 10.4 Å². The van der Waals surface area contributed by atoms with Crippen LogP contribution in [-0.4, -0.2) is 16.6 Å². The molecule has 2 N–H and O–H groups in total. The monoisotopic (exact) mass is 356 g/mol. The van der Waals surface area contributed by atoms with Crippen LogP contribution in [0.25, 0.3) is 10.8 Å². The summed E-state index contributed by atoms with van der Waals surface area (Å²) >= 11 is 5.79. The molecule has 1 atom stereocenters. The van der Waals surface area contributed by atoms with Crippen molar-refractivity contribution in [2.24, 2.45) is 0 Å². The van der Waals surface area contributed by atoms with E-state index in [9.17, 15) is 15.2 Å². The van der Waals surface area contributed by atoms with Crippen LogP contribution in [0.1, 0.15) is 18.1 Å². The first-order valence-electron chi connectivity index (χ1n) is 7.89. The van der Waals surface area contributed by atoms with E-state index in [0.29, 0.717) is 18.7 Å². The molecule has 0 bridgehead atoms. The van der Waals surface area contributed by atoms with E-state index in [1.165, 1.54) is 12.1 Å².